The summed E-state index contributed by atoms with van der Waals surface area (Å²) in [4.78, 5) is 2.47. The van der Waals surface area contributed by atoms with Crippen molar-refractivity contribution in [3.63, 3.8) is 0 Å². The van der Waals surface area contributed by atoms with E-state index in [1.54, 1.807) is 18.3 Å². The zero-order valence-corrected chi connectivity index (χ0v) is 8.84. The first-order valence-electron chi connectivity index (χ1n) is 4.57. The van der Waals surface area contributed by atoms with Crippen LogP contribution in [0.1, 0.15) is 23.6 Å². The highest BCUT2D eigenvalue weighted by molar-refractivity contribution is 7.11. The number of hydrogen-bond acceptors (Lipinski definition) is 3. The van der Waals surface area contributed by atoms with Gasteiger partial charge in [0.1, 0.15) is 0 Å². The van der Waals surface area contributed by atoms with E-state index in [0.717, 1.165) is 11.3 Å². The van der Waals surface area contributed by atoms with Crippen LogP contribution in [0.25, 0.3) is 0 Å². The van der Waals surface area contributed by atoms with Gasteiger partial charge in [-0.3, -0.25) is 0 Å². The van der Waals surface area contributed by atoms with Crippen LogP contribution in [0, 0.1) is 0 Å². The zero-order chi connectivity index (χ0) is 9.84. The largest absolute Gasteiger partial charge is 0.391 e. The molecular weight excluding hydrogens is 184 g/mol. The average molecular weight is 200 g/mol. The van der Waals surface area contributed by atoms with Crippen LogP contribution in [0.5, 0.6) is 0 Å². The molecule has 0 saturated carbocycles. The van der Waals surface area contributed by atoms with E-state index in [1.165, 1.54) is 4.88 Å². The molecule has 0 bridgehead atoms. The van der Waals surface area contributed by atoms with Gasteiger partial charge in [-0.2, -0.15) is 0 Å². The van der Waals surface area contributed by atoms with Crippen LogP contribution in [0.2, 0.25) is 0 Å². The number of hydrogen-bond donors (Lipinski definition) is 2. The summed E-state index contributed by atoms with van der Waals surface area (Å²) in [5.74, 6) is 0. The average Bonchev–Trinajstić information content (AvgIpc) is 2.52. The van der Waals surface area contributed by atoms with Gasteiger partial charge in [0, 0.05) is 16.2 Å². The Bertz CT molecular complexity index is 255. The van der Waals surface area contributed by atoms with E-state index in [0.29, 0.717) is 6.42 Å². The van der Waals surface area contributed by atoms with Gasteiger partial charge >= 0.3 is 0 Å². The third-order valence-electron chi connectivity index (χ3n) is 2.03. The summed E-state index contributed by atoms with van der Waals surface area (Å²) in [6.45, 7) is 3.72. The monoisotopic (exact) mass is 200 g/mol. The smallest absolute Gasteiger partial charge is 0.0844 e. The summed E-state index contributed by atoms with van der Waals surface area (Å²) in [6, 6.07) is 4.10. The molecule has 2 nitrogen and oxygen atoms in total. The molecular formula is C10H16O2S. The van der Waals surface area contributed by atoms with Crippen molar-refractivity contribution in [2.75, 3.05) is 0 Å². The third-order valence-corrected chi connectivity index (χ3v) is 3.28. The minimum Gasteiger partial charge on any atom is -0.391 e. The van der Waals surface area contributed by atoms with Crippen molar-refractivity contribution in [1.29, 1.82) is 0 Å². The van der Waals surface area contributed by atoms with Crippen LogP contribution in [-0.2, 0) is 12.8 Å². The van der Waals surface area contributed by atoms with Gasteiger partial charge in [-0.25, -0.2) is 0 Å². The lowest BCUT2D eigenvalue weighted by atomic mass is 10.1. The van der Waals surface area contributed by atoms with Crippen LogP contribution in [0.4, 0.5) is 0 Å². The molecule has 1 rings (SSSR count). The Morgan fingerprint density at radius 3 is 2.38 bits per heavy atom. The van der Waals surface area contributed by atoms with Crippen molar-refractivity contribution in [3.8, 4) is 0 Å². The fourth-order valence-corrected chi connectivity index (χ4v) is 2.11. The van der Waals surface area contributed by atoms with Crippen molar-refractivity contribution in [1.82, 2.24) is 0 Å². The van der Waals surface area contributed by atoms with Crippen molar-refractivity contribution in [2.45, 2.75) is 38.9 Å². The van der Waals surface area contributed by atoms with Crippen molar-refractivity contribution >= 4 is 11.3 Å². The highest BCUT2D eigenvalue weighted by Crippen LogP contribution is 2.19. The molecule has 0 aliphatic rings. The Morgan fingerprint density at radius 1 is 1.31 bits per heavy atom. The maximum atomic E-state index is 9.42. The summed E-state index contributed by atoms with van der Waals surface area (Å²) >= 11 is 1.71. The summed E-state index contributed by atoms with van der Waals surface area (Å²) in [5, 5.41) is 18.5. The van der Waals surface area contributed by atoms with Crippen LogP contribution >= 0.6 is 11.3 Å². The van der Waals surface area contributed by atoms with E-state index in [4.69, 9.17) is 5.11 Å². The van der Waals surface area contributed by atoms with Gasteiger partial charge in [-0.05, 0) is 25.5 Å². The molecule has 3 heteroatoms. The standard InChI is InChI=1S/C10H16O2S/c1-3-8-4-5-9(13-8)6-10(12)7(2)11/h4-5,7,10-12H,3,6H2,1-2H3. The molecule has 0 spiro atoms. The Kier molecular flexibility index (Phi) is 3.90. The van der Waals surface area contributed by atoms with Gasteiger partial charge in [0.05, 0.1) is 12.2 Å². The highest BCUT2D eigenvalue weighted by Gasteiger charge is 2.12. The molecule has 1 heterocycles. The fourth-order valence-electron chi connectivity index (χ4n) is 1.10. The third kappa shape index (κ3) is 3.10. The molecule has 0 saturated heterocycles. The van der Waals surface area contributed by atoms with Crippen molar-refractivity contribution in [2.24, 2.45) is 0 Å². The lowest BCUT2D eigenvalue weighted by Crippen LogP contribution is -2.24. The zero-order valence-electron chi connectivity index (χ0n) is 8.03. The molecule has 2 atom stereocenters. The Morgan fingerprint density at radius 2 is 1.92 bits per heavy atom. The second kappa shape index (κ2) is 4.74. The first-order chi connectivity index (χ1) is 6.13. The molecule has 2 N–H and O–H groups in total. The Labute approximate surface area is 82.8 Å². The first kappa shape index (κ1) is 10.7. The second-order valence-corrected chi connectivity index (χ2v) is 4.49. The molecule has 0 fully saturated rings. The molecule has 0 aliphatic carbocycles. The molecule has 13 heavy (non-hydrogen) atoms. The predicted molar refractivity (Wildman–Crippen MR) is 55.1 cm³/mol. The van der Waals surface area contributed by atoms with Crippen LogP contribution in [0.15, 0.2) is 12.1 Å². The van der Waals surface area contributed by atoms with Gasteiger partial charge in [0.25, 0.3) is 0 Å². The Balaban J connectivity index is 2.53. The van der Waals surface area contributed by atoms with Gasteiger partial charge in [-0.15, -0.1) is 11.3 Å². The maximum Gasteiger partial charge on any atom is 0.0844 e. The van der Waals surface area contributed by atoms with E-state index < -0.39 is 12.2 Å². The van der Waals surface area contributed by atoms with E-state index in [2.05, 4.69) is 13.0 Å². The summed E-state index contributed by atoms with van der Waals surface area (Å²) in [6.07, 6.45) is 0.313. The van der Waals surface area contributed by atoms with E-state index in [-0.39, 0.29) is 0 Å². The van der Waals surface area contributed by atoms with Crippen molar-refractivity contribution < 1.29 is 10.2 Å². The van der Waals surface area contributed by atoms with Gasteiger partial charge in [-0.1, -0.05) is 6.92 Å². The second-order valence-electron chi connectivity index (χ2n) is 3.23. The number of thiophene rings is 1. The topological polar surface area (TPSA) is 40.5 Å². The molecule has 1 aromatic heterocycles. The fraction of sp³-hybridized carbons (Fsp3) is 0.600. The molecule has 0 aromatic carbocycles. The predicted octanol–water partition coefficient (Wildman–Crippen LogP) is 1.59. The maximum absolute atomic E-state index is 9.42. The molecule has 0 aliphatic heterocycles. The van der Waals surface area contributed by atoms with E-state index in [1.807, 2.05) is 6.07 Å². The van der Waals surface area contributed by atoms with Gasteiger partial charge in [0.2, 0.25) is 0 Å². The summed E-state index contributed by atoms with van der Waals surface area (Å²) in [5.41, 5.74) is 0. The molecule has 74 valence electrons. The minimum absolute atomic E-state index is 0.558. The molecule has 1 aromatic rings. The highest BCUT2D eigenvalue weighted by atomic mass is 32.1. The minimum atomic E-state index is -0.646. The number of rotatable bonds is 4. The quantitative estimate of drug-likeness (QED) is 0.775. The van der Waals surface area contributed by atoms with E-state index in [9.17, 15) is 5.11 Å². The summed E-state index contributed by atoms with van der Waals surface area (Å²) in [7, 11) is 0. The number of aryl methyl sites for hydroxylation is 1. The first-order valence-corrected chi connectivity index (χ1v) is 5.38. The van der Waals surface area contributed by atoms with E-state index >= 15 is 0 Å². The van der Waals surface area contributed by atoms with Crippen LogP contribution < -0.4 is 0 Å². The molecule has 0 amide bonds. The SMILES string of the molecule is CCc1ccc(CC(O)C(C)O)s1. The summed E-state index contributed by atoms with van der Waals surface area (Å²) < 4.78 is 0. The lowest BCUT2D eigenvalue weighted by molar-refractivity contribution is 0.0324. The van der Waals surface area contributed by atoms with Crippen LogP contribution in [-0.4, -0.2) is 22.4 Å². The normalized spacial score (nSPS) is 15.7. The number of aliphatic hydroxyl groups excluding tert-OH is 2. The lowest BCUT2D eigenvalue weighted by Gasteiger charge is -2.11. The molecule has 0 radical (unpaired) electrons. The van der Waals surface area contributed by atoms with Crippen molar-refractivity contribution in [3.05, 3.63) is 21.9 Å². The Hall–Kier alpha value is -0.380. The van der Waals surface area contributed by atoms with Gasteiger partial charge in [0.15, 0.2) is 0 Å². The molecule has 2 unspecified atom stereocenters. The van der Waals surface area contributed by atoms with Gasteiger partial charge < -0.3 is 10.2 Å². The number of aliphatic hydroxyl groups is 2. The van der Waals surface area contributed by atoms with Crippen LogP contribution in [0.3, 0.4) is 0 Å².